The number of aromatic amines is 1. The van der Waals surface area contributed by atoms with Gasteiger partial charge in [0.2, 0.25) is 0 Å². The van der Waals surface area contributed by atoms with Crippen molar-refractivity contribution in [1.29, 1.82) is 0 Å². The first-order valence-corrected chi connectivity index (χ1v) is 8.59. The van der Waals surface area contributed by atoms with Crippen LogP contribution in [0.3, 0.4) is 0 Å². The van der Waals surface area contributed by atoms with Crippen molar-refractivity contribution in [2.75, 3.05) is 13.1 Å². The molecule has 1 aliphatic rings. The Bertz CT molecular complexity index is 876. The van der Waals surface area contributed by atoms with Gasteiger partial charge in [-0.2, -0.15) is 5.10 Å². The number of H-pyrrole nitrogens is 1. The van der Waals surface area contributed by atoms with E-state index in [0.29, 0.717) is 18.2 Å². The topological polar surface area (TPSA) is 61.9 Å². The van der Waals surface area contributed by atoms with Crippen molar-refractivity contribution in [2.45, 2.75) is 12.3 Å². The van der Waals surface area contributed by atoms with E-state index in [-0.39, 0.29) is 5.91 Å². The lowest BCUT2D eigenvalue weighted by atomic mass is 9.99. The van der Waals surface area contributed by atoms with Gasteiger partial charge in [-0.25, -0.2) is 0 Å². The second-order valence-electron chi connectivity index (χ2n) is 6.19. The van der Waals surface area contributed by atoms with Crippen LogP contribution in [0.2, 0.25) is 5.02 Å². The smallest absolute Gasteiger partial charge is 0.271 e. The zero-order valence-corrected chi connectivity index (χ0v) is 14.3. The molecule has 6 heteroatoms. The molecule has 1 N–H and O–H groups in total. The van der Waals surface area contributed by atoms with Crippen LogP contribution < -0.4 is 0 Å². The molecule has 126 valence electrons. The molecule has 1 saturated heterocycles. The number of benzene rings is 1. The van der Waals surface area contributed by atoms with E-state index in [9.17, 15) is 4.79 Å². The lowest BCUT2D eigenvalue weighted by Crippen LogP contribution is -2.28. The van der Waals surface area contributed by atoms with E-state index in [1.807, 2.05) is 41.3 Å². The molecular weight excluding hydrogens is 336 g/mol. The number of nitrogens with one attached hydrogen (secondary N) is 1. The third kappa shape index (κ3) is 3.28. The number of carbonyl (C=O) groups is 1. The first kappa shape index (κ1) is 15.8. The summed E-state index contributed by atoms with van der Waals surface area (Å²) < 4.78 is 0. The molecular formula is C19H17ClN4O. The average molecular weight is 353 g/mol. The molecule has 0 saturated carbocycles. The molecule has 3 aromatic rings. The molecule has 1 aliphatic heterocycles. The minimum absolute atomic E-state index is 0.00994. The summed E-state index contributed by atoms with van der Waals surface area (Å²) in [5, 5.41) is 7.85. The fraction of sp³-hybridized carbons (Fsp3) is 0.211. The van der Waals surface area contributed by atoms with Crippen LogP contribution in [0.25, 0.3) is 11.3 Å². The molecule has 0 bridgehead atoms. The number of halogens is 1. The highest BCUT2D eigenvalue weighted by molar-refractivity contribution is 6.30. The van der Waals surface area contributed by atoms with Gasteiger partial charge in [-0.05, 0) is 42.3 Å². The molecule has 1 fully saturated rings. The predicted molar refractivity (Wildman–Crippen MR) is 96.5 cm³/mol. The summed E-state index contributed by atoms with van der Waals surface area (Å²) >= 11 is 5.95. The summed E-state index contributed by atoms with van der Waals surface area (Å²) in [6.45, 7) is 1.46. The van der Waals surface area contributed by atoms with Crippen molar-refractivity contribution in [1.82, 2.24) is 20.1 Å². The number of rotatable bonds is 3. The SMILES string of the molecule is O=C(c1cc(-c2ccncc2)n[nH]1)N1CCC(c2ccc(Cl)cc2)C1. The van der Waals surface area contributed by atoms with Crippen LogP contribution >= 0.6 is 11.6 Å². The highest BCUT2D eigenvalue weighted by Crippen LogP contribution is 2.29. The molecule has 0 spiro atoms. The normalized spacial score (nSPS) is 17.0. The Kier molecular flexibility index (Phi) is 4.24. The highest BCUT2D eigenvalue weighted by atomic mass is 35.5. The quantitative estimate of drug-likeness (QED) is 0.780. The molecule has 0 aliphatic carbocycles. The third-order valence-electron chi connectivity index (χ3n) is 4.60. The molecule has 1 amide bonds. The van der Waals surface area contributed by atoms with Gasteiger partial charge in [-0.15, -0.1) is 0 Å². The summed E-state index contributed by atoms with van der Waals surface area (Å²) in [6, 6.07) is 13.4. The Balaban J connectivity index is 1.47. The Morgan fingerprint density at radius 2 is 1.92 bits per heavy atom. The first-order chi connectivity index (χ1) is 12.2. The number of likely N-dealkylation sites (tertiary alicyclic amines) is 1. The van der Waals surface area contributed by atoms with Crippen molar-refractivity contribution in [2.24, 2.45) is 0 Å². The molecule has 1 aromatic carbocycles. The van der Waals surface area contributed by atoms with Gasteiger partial charge in [0, 0.05) is 42.0 Å². The monoisotopic (exact) mass is 352 g/mol. The van der Waals surface area contributed by atoms with Gasteiger partial charge in [-0.3, -0.25) is 14.9 Å². The van der Waals surface area contributed by atoms with Crippen LogP contribution in [0.15, 0.2) is 54.9 Å². The molecule has 0 radical (unpaired) electrons. The Labute approximate surface area is 150 Å². The zero-order valence-electron chi connectivity index (χ0n) is 13.5. The number of hydrogen-bond donors (Lipinski definition) is 1. The Morgan fingerprint density at radius 3 is 2.68 bits per heavy atom. The summed E-state index contributed by atoms with van der Waals surface area (Å²) in [5.74, 6) is 0.341. The molecule has 2 aromatic heterocycles. The van der Waals surface area contributed by atoms with Gasteiger partial charge < -0.3 is 4.90 Å². The number of amides is 1. The maximum absolute atomic E-state index is 12.7. The Hall–Kier alpha value is -2.66. The molecule has 4 rings (SSSR count). The third-order valence-corrected chi connectivity index (χ3v) is 4.85. The van der Waals surface area contributed by atoms with Crippen LogP contribution in [-0.2, 0) is 0 Å². The van der Waals surface area contributed by atoms with Crippen molar-refractivity contribution in [3.8, 4) is 11.3 Å². The molecule has 1 unspecified atom stereocenters. The van der Waals surface area contributed by atoms with Crippen LogP contribution in [-0.4, -0.2) is 39.1 Å². The minimum Gasteiger partial charge on any atom is -0.337 e. The number of carbonyl (C=O) groups excluding carboxylic acids is 1. The van der Waals surface area contributed by atoms with Gasteiger partial charge >= 0.3 is 0 Å². The highest BCUT2D eigenvalue weighted by Gasteiger charge is 2.28. The van der Waals surface area contributed by atoms with E-state index >= 15 is 0 Å². The van der Waals surface area contributed by atoms with E-state index in [2.05, 4.69) is 15.2 Å². The maximum Gasteiger partial charge on any atom is 0.271 e. The van der Waals surface area contributed by atoms with Gasteiger partial charge in [0.1, 0.15) is 5.69 Å². The van der Waals surface area contributed by atoms with Gasteiger partial charge in [0.15, 0.2) is 0 Å². The summed E-state index contributed by atoms with van der Waals surface area (Å²) in [7, 11) is 0. The summed E-state index contributed by atoms with van der Waals surface area (Å²) in [4.78, 5) is 18.6. The second kappa shape index (κ2) is 6.69. The predicted octanol–water partition coefficient (Wildman–Crippen LogP) is 3.75. The van der Waals surface area contributed by atoms with E-state index in [0.717, 1.165) is 29.2 Å². The zero-order chi connectivity index (χ0) is 17.2. The van der Waals surface area contributed by atoms with Crippen LogP contribution in [0, 0.1) is 0 Å². The lowest BCUT2D eigenvalue weighted by molar-refractivity contribution is 0.0785. The van der Waals surface area contributed by atoms with Crippen molar-refractivity contribution >= 4 is 17.5 Å². The Morgan fingerprint density at radius 1 is 1.16 bits per heavy atom. The largest absolute Gasteiger partial charge is 0.337 e. The number of pyridine rings is 1. The lowest BCUT2D eigenvalue weighted by Gasteiger charge is -2.15. The molecule has 25 heavy (non-hydrogen) atoms. The maximum atomic E-state index is 12.7. The van der Waals surface area contributed by atoms with Gasteiger partial charge in [-0.1, -0.05) is 23.7 Å². The van der Waals surface area contributed by atoms with E-state index in [4.69, 9.17) is 11.6 Å². The van der Waals surface area contributed by atoms with Gasteiger partial charge in [0.25, 0.3) is 5.91 Å². The summed E-state index contributed by atoms with van der Waals surface area (Å²) in [5.41, 5.74) is 3.43. The number of hydrogen-bond acceptors (Lipinski definition) is 3. The second-order valence-corrected chi connectivity index (χ2v) is 6.63. The molecule has 5 nitrogen and oxygen atoms in total. The van der Waals surface area contributed by atoms with Crippen molar-refractivity contribution in [3.05, 3.63) is 71.1 Å². The van der Waals surface area contributed by atoms with E-state index in [1.54, 1.807) is 18.5 Å². The average Bonchev–Trinajstić information content (AvgIpc) is 3.33. The van der Waals surface area contributed by atoms with Gasteiger partial charge in [0.05, 0.1) is 5.69 Å². The molecule has 1 atom stereocenters. The van der Waals surface area contributed by atoms with Crippen LogP contribution in [0.1, 0.15) is 28.4 Å². The summed E-state index contributed by atoms with van der Waals surface area (Å²) in [6.07, 6.45) is 4.38. The first-order valence-electron chi connectivity index (χ1n) is 8.21. The minimum atomic E-state index is -0.00994. The fourth-order valence-corrected chi connectivity index (χ4v) is 3.35. The van der Waals surface area contributed by atoms with E-state index < -0.39 is 0 Å². The van der Waals surface area contributed by atoms with Crippen LogP contribution in [0.5, 0.6) is 0 Å². The van der Waals surface area contributed by atoms with Crippen LogP contribution in [0.4, 0.5) is 0 Å². The van der Waals surface area contributed by atoms with Crippen molar-refractivity contribution in [3.63, 3.8) is 0 Å². The van der Waals surface area contributed by atoms with Crippen molar-refractivity contribution < 1.29 is 4.79 Å². The standard InChI is InChI=1S/C19H17ClN4O/c20-16-3-1-13(2-4-16)15-7-10-24(12-15)19(25)18-11-17(22-23-18)14-5-8-21-9-6-14/h1-6,8-9,11,15H,7,10,12H2,(H,22,23). The van der Waals surface area contributed by atoms with E-state index in [1.165, 1.54) is 5.56 Å². The number of nitrogens with zero attached hydrogens (tertiary/aromatic N) is 3. The number of aromatic nitrogens is 3. The molecule has 3 heterocycles. The fourth-order valence-electron chi connectivity index (χ4n) is 3.22.